The van der Waals surface area contributed by atoms with Crippen LogP contribution in [0.5, 0.6) is 0 Å². The van der Waals surface area contributed by atoms with Gasteiger partial charge in [0.15, 0.2) is 0 Å². The maximum Gasteiger partial charge on any atom is 0.0787 e. The minimum atomic E-state index is -0.489. The van der Waals surface area contributed by atoms with Crippen molar-refractivity contribution in [2.75, 3.05) is 0 Å². The Kier molecular flexibility index (Phi) is 5.73. The van der Waals surface area contributed by atoms with Crippen molar-refractivity contribution in [1.29, 1.82) is 0 Å². The molecule has 2 aromatic heterocycles. The van der Waals surface area contributed by atoms with Gasteiger partial charge in [-0.2, -0.15) is 0 Å². The first-order valence-corrected chi connectivity index (χ1v) is 18.3. The molecule has 0 radical (unpaired) electrons. The molecule has 12 rings (SSSR count). The van der Waals surface area contributed by atoms with Crippen molar-refractivity contribution in [3.8, 4) is 44.8 Å². The van der Waals surface area contributed by atoms with Crippen molar-refractivity contribution >= 4 is 43.4 Å². The van der Waals surface area contributed by atoms with E-state index in [9.17, 15) is 0 Å². The van der Waals surface area contributed by atoms with Crippen molar-refractivity contribution in [3.63, 3.8) is 0 Å². The van der Waals surface area contributed by atoms with Gasteiger partial charge in [-0.15, -0.1) is 0 Å². The lowest BCUT2D eigenvalue weighted by Gasteiger charge is -2.31. The summed E-state index contributed by atoms with van der Waals surface area (Å²) in [5.74, 6) is 0. The van der Waals surface area contributed by atoms with E-state index in [0.29, 0.717) is 0 Å². The van der Waals surface area contributed by atoms with Gasteiger partial charge in [0, 0.05) is 32.7 Å². The highest BCUT2D eigenvalue weighted by molar-refractivity contribution is 6.07. The summed E-state index contributed by atoms with van der Waals surface area (Å²) in [6.07, 6.45) is 0. The lowest BCUT2D eigenvalue weighted by Crippen LogP contribution is -2.26. The molecule has 53 heavy (non-hydrogen) atoms. The van der Waals surface area contributed by atoms with Crippen molar-refractivity contribution in [2.24, 2.45) is 0 Å². The van der Waals surface area contributed by atoms with Gasteiger partial charge in [0.05, 0.1) is 27.8 Å². The van der Waals surface area contributed by atoms with Crippen LogP contribution in [0.15, 0.2) is 182 Å². The number of hydrogen-bond donors (Lipinski definition) is 0. The van der Waals surface area contributed by atoms with Gasteiger partial charge in [-0.25, -0.2) is 9.97 Å². The van der Waals surface area contributed by atoms with E-state index in [1.54, 1.807) is 0 Å². The van der Waals surface area contributed by atoms with Crippen molar-refractivity contribution < 1.29 is 0 Å². The van der Waals surface area contributed by atoms with E-state index in [2.05, 4.69) is 182 Å². The average molecular weight is 671 g/mol. The summed E-state index contributed by atoms with van der Waals surface area (Å²) in [5, 5.41) is 7.07. The topological polar surface area (TPSA) is 25.8 Å². The monoisotopic (exact) mass is 670 g/mol. The molecule has 0 fully saturated rings. The van der Waals surface area contributed by atoms with E-state index in [-0.39, 0.29) is 0 Å². The summed E-state index contributed by atoms with van der Waals surface area (Å²) >= 11 is 0. The zero-order valence-electron chi connectivity index (χ0n) is 28.7. The molecule has 0 N–H and O–H groups in total. The van der Waals surface area contributed by atoms with Crippen molar-refractivity contribution in [2.45, 2.75) is 5.41 Å². The normalized spacial score (nSPS) is 13.4. The molecule has 0 saturated carbocycles. The van der Waals surface area contributed by atoms with E-state index < -0.39 is 5.41 Å². The predicted molar refractivity (Wildman–Crippen MR) is 219 cm³/mol. The van der Waals surface area contributed by atoms with Crippen LogP contribution in [0, 0.1) is 0 Å². The Hall–Kier alpha value is -6.90. The van der Waals surface area contributed by atoms with E-state index in [1.807, 2.05) is 0 Å². The molecule has 0 unspecified atom stereocenters. The van der Waals surface area contributed by atoms with E-state index in [4.69, 9.17) is 9.97 Å². The maximum atomic E-state index is 5.34. The molecule has 2 heteroatoms. The number of aromatic nitrogens is 2. The van der Waals surface area contributed by atoms with Crippen LogP contribution in [-0.4, -0.2) is 9.97 Å². The molecule has 0 atom stereocenters. The predicted octanol–water partition coefficient (Wildman–Crippen LogP) is 12.8. The minimum Gasteiger partial charge on any atom is -0.247 e. The first-order valence-electron chi connectivity index (χ1n) is 18.3. The summed E-state index contributed by atoms with van der Waals surface area (Å²) in [4.78, 5) is 10.7. The van der Waals surface area contributed by atoms with Crippen LogP contribution in [0.1, 0.15) is 22.3 Å². The quantitative estimate of drug-likeness (QED) is 0.171. The first-order chi connectivity index (χ1) is 26.3. The standard InChI is InChI=1S/C51H30N2/c1-3-11-37-31(9-1)17-19-33-23-27-47(52-49(33)37)35-21-25-41-39-13-5-7-15-43(39)51(45(41)29-35)44-16-8-6-14-40(44)42-26-22-36(30-46(42)51)48-28-24-34-20-18-32-10-2-4-12-38(32)50(34)53-48/h1-30H. The summed E-state index contributed by atoms with van der Waals surface area (Å²) in [5.41, 5.74) is 16.2. The Morgan fingerprint density at radius 2 is 0.698 bits per heavy atom. The van der Waals surface area contributed by atoms with Crippen LogP contribution in [-0.2, 0) is 5.41 Å². The van der Waals surface area contributed by atoms with Gasteiger partial charge < -0.3 is 0 Å². The van der Waals surface area contributed by atoms with Crippen molar-refractivity contribution in [3.05, 3.63) is 204 Å². The molecule has 2 heterocycles. The second-order valence-electron chi connectivity index (χ2n) is 14.5. The number of rotatable bonds is 2. The zero-order valence-corrected chi connectivity index (χ0v) is 28.7. The summed E-state index contributed by atoms with van der Waals surface area (Å²) in [7, 11) is 0. The fourth-order valence-corrected chi connectivity index (χ4v) is 9.49. The Labute approximate surface area is 306 Å². The third-order valence-electron chi connectivity index (χ3n) is 11.9. The molecule has 2 aliphatic rings. The molecule has 0 amide bonds. The Bertz CT molecular complexity index is 2970. The fourth-order valence-electron chi connectivity index (χ4n) is 9.49. The molecule has 0 bridgehead atoms. The molecule has 2 aliphatic carbocycles. The lowest BCUT2D eigenvalue weighted by molar-refractivity contribution is 0.794. The molecule has 244 valence electrons. The third kappa shape index (κ3) is 3.87. The number of fused-ring (bicyclic) bond motifs is 16. The first kappa shape index (κ1) is 28.8. The molecular weight excluding hydrogens is 641 g/mol. The summed E-state index contributed by atoms with van der Waals surface area (Å²) < 4.78 is 0. The van der Waals surface area contributed by atoms with Crippen LogP contribution in [0.3, 0.4) is 0 Å². The van der Waals surface area contributed by atoms with E-state index >= 15 is 0 Å². The molecule has 0 saturated heterocycles. The fraction of sp³-hybridized carbons (Fsp3) is 0.0196. The number of benzene rings is 8. The Morgan fingerprint density at radius 3 is 1.21 bits per heavy atom. The van der Waals surface area contributed by atoms with Gasteiger partial charge in [0.2, 0.25) is 0 Å². The molecular formula is C51H30N2. The van der Waals surface area contributed by atoms with Gasteiger partial charge in [-0.05, 0) is 79.5 Å². The lowest BCUT2D eigenvalue weighted by atomic mass is 9.70. The number of hydrogen-bond acceptors (Lipinski definition) is 2. The molecule has 1 spiro atoms. The largest absolute Gasteiger partial charge is 0.247 e. The Balaban J connectivity index is 1.11. The SMILES string of the molecule is c1ccc2c(c1)-c1ccc(-c3ccc4ccc5ccccc5c4n3)cc1C21c2ccccc2-c2ccc(-c3ccc4ccc5ccccc5c4n3)cc21. The molecule has 10 aromatic rings. The van der Waals surface area contributed by atoms with Crippen LogP contribution in [0.25, 0.3) is 88.1 Å². The second kappa shape index (κ2) is 10.6. The molecule has 2 nitrogen and oxygen atoms in total. The average Bonchev–Trinajstić information content (AvgIpc) is 3.70. The highest BCUT2D eigenvalue weighted by Crippen LogP contribution is 2.63. The van der Waals surface area contributed by atoms with Gasteiger partial charge >= 0.3 is 0 Å². The van der Waals surface area contributed by atoms with Gasteiger partial charge in [0.1, 0.15) is 0 Å². The highest BCUT2D eigenvalue weighted by Gasteiger charge is 2.51. The van der Waals surface area contributed by atoms with Crippen molar-refractivity contribution in [1.82, 2.24) is 9.97 Å². The number of pyridine rings is 2. The van der Waals surface area contributed by atoms with Gasteiger partial charge in [-0.3, -0.25) is 0 Å². The highest BCUT2D eigenvalue weighted by atomic mass is 14.7. The summed E-state index contributed by atoms with van der Waals surface area (Å²) in [6.45, 7) is 0. The minimum absolute atomic E-state index is 0.489. The zero-order chi connectivity index (χ0) is 34.7. The smallest absolute Gasteiger partial charge is 0.0787 e. The number of nitrogens with zero attached hydrogens (tertiary/aromatic N) is 2. The van der Waals surface area contributed by atoms with Crippen LogP contribution in [0.4, 0.5) is 0 Å². The van der Waals surface area contributed by atoms with Crippen LogP contribution >= 0.6 is 0 Å². The second-order valence-corrected chi connectivity index (χ2v) is 14.5. The summed E-state index contributed by atoms with van der Waals surface area (Å²) in [6, 6.07) is 66.6. The third-order valence-corrected chi connectivity index (χ3v) is 11.9. The van der Waals surface area contributed by atoms with Crippen LogP contribution in [0.2, 0.25) is 0 Å². The maximum absolute atomic E-state index is 5.34. The molecule has 8 aromatic carbocycles. The van der Waals surface area contributed by atoms with Gasteiger partial charge in [-0.1, -0.05) is 158 Å². The van der Waals surface area contributed by atoms with E-state index in [0.717, 1.165) is 44.3 Å². The molecule has 0 aliphatic heterocycles. The van der Waals surface area contributed by atoms with Crippen LogP contribution < -0.4 is 0 Å². The Morgan fingerprint density at radius 1 is 0.302 bits per heavy atom. The van der Waals surface area contributed by atoms with Gasteiger partial charge in [0.25, 0.3) is 0 Å². The van der Waals surface area contributed by atoms with E-state index in [1.165, 1.54) is 66.1 Å².